The maximum Gasteiger partial charge on any atom is 0.273 e. The summed E-state index contributed by atoms with van der Waals surface area (Å²) in [7, 11) is 0. The number of carbonyl (C=O) groups is 1. The molecule has 0 bridgehead atoms. The highest BCUT2D eigenvalue weighted by atomic mass is 16.3. The van der Waals surface area contributed by atoms with Gasteiger partial charge in [0.05, 0.1) is 0 Å². The van der Waals surface area contributed by atoms with Crippen molar-refractivity contribution in [2.24, 2.45) is 11.0 Å². The van der Waals surface area contributed by atoms with Gasteiger partial charge in [-0.1, -0.05) is 37.6 Å². The van der Waals surface area contributed by atoms with Gasteiger partial charge in [0.25, 0.3) is 5.91 Å². The number of rotatable bonds is 3. The molecule has 0 heterocycles. The van der Waals surface area contributed by atoms with Crippen LogP contribution in [0.1, 0.15) is 49.8 Å². The molecule has 0 aliphatic heterocycles. The minimum absolute atomic E-state index is 0.416. The van der Waals surface area contributed by atoms with Crippen LogP contribution in [-0.4, -0.2) is 16.7 Å². The summed E-state index contributed by atoms with van der Waals surface area (Å²) in [5, 5.41) is 14.3. The highest BCUT2D eigenvalue weighted by molar-refractivity contribution is 5.89. The molecule has 0 radical (unpaired) electrons. The van der Waals surface area contributed by atoms with Gasteiger partial charge in [0.1, 0.15) is 0 Å². The predicted molar refractivity (Wildman–Crippen MR) is 79.3 cm³/mol. The minimum atomic E-state index is -1.17. The Morgan fingerprint density at radius 3 is 2.85 bits per heavy atom. The molecule has 1 amide bonds. The topological polar surface area (TPSA) is 61.7 Å². The van der Waals surface area contributed by atoms with Crippen molar-refractivity contribution in [2.75, 3.05) is 0 Å². The normalized spacial score (nSPS) is 22.6. The molecule has 0 spiro atoms. The fraction of sp³-hybridized carbons (Fsp3) is 0.500. The van der Waals surface area contributed by atoms with E-state index in [4.69, 9.17) is 0 Å². The minimum Gasteiger partial charge on any atom is -0.378 e. The third-order valence-corrected chi connectivity index (χ3v) is 3.93. The number of aryl methyl sites for hydroxylation is 1. The van der Waals surface area contributed by atoms with E-state index in [1.54, 1.807) is 6.07 Å². The summed E-state index contributed by atoms with van der Waals surface area (Å²) < 4.78 is 0. The number of benzene rings is 1. The Balaban J connectivity index is 2.01. The van der Waals surface area contributed by atoms with E-state index < -0.39 is 12.0 Å². The summed E-state index contributed by atoms with van der Waals surface area (Å²) in [4.78, 5) is 12.0. The van der Waals surface area contributed by atoms with Crippen molar-refractivity contribution in [2.45, 2.75) is 45.6 Å². The molecule has 0 saturated heterocycles. The largest absolute Gasteiger partial charge is 0.378 e. The fourth-order valence-corrected chi connectivity index (χ4v) is 2.56. The average Bonchev–Trinajstić information content (AvgIpc) is 2.46. The number of nitrogens with zero attached hydrogens (tertiary/aromatic N) is 1. The molecule has 1 aromatic carbocycles. The van der Waals surface area contributed by atoms with Crippen LogP contribution >= 0.6 is 0 Å². The lowest BCUT2D eigenvalue weighted by atomic mass is 9.89. The van der Waals surface area contributed by atoms with Gasteiger partial charge in [0.15, 0.2) is 6.10 Å². The molecular formula is C16H22N2O2. The van der Waals surface area contributed by atoms with Crippen LogP contribution in [0, 0.1) is 12.8 Å². The van der Waals surface area contributed by atoms with Crippen molar-refractivity contribution in [1.29, 1.82) is 0 Å². The highest BCUT2D eigenvalue weighted by Gasteiger charge is 2.20. The third kappa shape index (κ3) is 3.45. The number of aliphatic hydroxyl groups is 1. The summed E-state index contributed by atoms with van der Waals surface area (Å²) in [5.41, 5.74) is 5.06. The summed E-state index contributed by atoms with van der Waals surface area (Å²) >= 11 is 0. The van der Waals surface area contributed by atoms with Gasteiger partial charge >= 0.3 is 0 Å². The zero-order chi connectivity index (χ0) is 14.5. The molecule has 2 N–H and O–H groups in total. The van der Waals surface area contributed by atoms with Gasteiger partial charge in [-0.25, -0.2) is 5.43 Å². The lowest BCUT2D eigenvalue weighted by molar-refractivity contribution is -0.129. The molecule has 1 aliphatic carbocycles. The van der Waals surface area contributed by atoms with Gasteiger partial charge in [-0.3, -0.25) is 4.79 Å². The smallest absolute Gasteiger partial charge is 0.273 e. The molecule has 1 aliphatic rings. The van der Waals surface area contributed by atoms with Crippen molar-refractivity contribution < 1.29 is 9.90 Å². The SMILES string of the molecule is Cc1ccccc1C(O)C(=O)N/N=C1\CCCCC1C. The van der Waals surface area contributed by atoms with E-state index in [0.29, 0.717) is 11.5 Å². The average molecular weight is 274 g/mol. The van der Waals surface area contributed by atoms with Crippen LogP contribution in [0.4, 0.5) is 0 Å². The maximum atomic E-state index is 12.0. The second-order valence-electron chi connectivity index (χ2n) is 5.49. The highest BCUT2D eigenvalue weighted by Crippen LogP contribution is 2.21. The van der Waals surface area contributed by atoms with Crippen molar-refractivity contribution in [3.05, 3.63) is 35.4 Å². The molecule has 4 nitrogen and oxygen atoms in total. The van der Waals surface area contributed by atoms with E-state index in [9.17, 15) is 9.90 Å². The van der Waals surface area contributed by atoms with E-state index in [2.05, 4.69) is 17.5 Å². The first-order valence-electron chi connectivity index (χ1n) is 7.19. The second kappa shape index (κ2) is 6.66. The van der Waals surface area contributed by atoms with Gasteiger partial charge in [0.2, 0.25) is 0 Å². The van der Waals surface area contributed by atoms with Crippen LogP contribution in [-0.2, 0) is 4.79 Å². The van der Waals surface area contributed by atoms with Gasteiger partial charge < -0.3 is 5.11 Å². The predicted octanol–water partition coefficient (Wildman–Crippen LogP) is 2.71. The van der Waals surface area contributed by atoms with Crippen LogP contribution in [0.3, 0.4) is 0 Å². The lowest BCUT2D eigenvalue weighted by Gasteiger charge is -2.20. The lowest BCUT2D eigenvalue weighted by Crippen LogP contribution is -2.28. The Bertz CT molecular complexity index is 511. The van der Waals surface area contributed by atoms with E-state index in [0.717, 1.165) is 30.5 Å². The third-order valence-electron chi connectivity index (χ3n) is 3.93. The molecule has 1 saturated carbocycles. The second-order valence-corrected chi connectivity index (χ2v) is 5.49. The number of hydrogen-bond acceptors (Lipinski definition) is 3. The van der Waals surface area contributed by atoms with Gasteiger partial charge in [-0.15, -0.1) is 0 Å². The molecule has 2 unspecified atom stereocenters. The molecule has 2 rings (SSSR count). The zero-order valence-corrected chi connectivity index (χ0v) is 12.1. The first-order chi connectivity index (χ1) is 9.59. The summed E-state index contributed by atoms with van der Waals surface area (Å²) in [6.45, 7) is 4.00. The van der Waals surface area contributed by atoms with E-state index >= 15 is 0 Å². The summed E-state index contributed by atoms with van der Waals surface area (Å²) in [6, 6.07) is 7.33. The zero-order valence-electron chi connectivity index (χ0n) is 12.1. The Kier molecular flexibility index (Phi) is 4.90. The van der Waals surface area contributed by atoms with Gasteiger partial charge in [-0.2, -0.15) is 5.10 Å². The fourth-order valence-electron chi connectivity index (χ4n) is 2.56. The summed E-state index contributed by atoms with van der Waals surface area (Å²) in [6.07, 6.45) is 3.23. The van der Waals surface area contributed by atoms with Crippen molar-refractivity contribution in [3.8, 4) is 0 Å². The molecule has 108 valence electrons. The number of carbonyl (C=O) groups excluding carboxylic acids is 1. The van der Waals surface area contributed by atoms with Crippen LogP contribution in [0.5, 0.6) is 0 Å². The summed E-state index contributed by atoms with van der Waals surface area (Å²) in [5.74, 6) is -0.0516. The molecular weight excluding hydrogens is 252 g/mol. The first kappa shape index (κ1) is 14.7. The van der Waals surface area contributed by atoms with Crippen LogP contribution in [0.2, 0.25) is 0 Å². The van der Waals surface area contributed by atoms with Crippen molar-refractivity contribution in [1.82, 2.24) is 5.43 Å². The number of amides is 1. The standard InChI is InChI=1S/C16H22N2O2/c1-11-7-3-5-9-13(11)15(19)16(20)18-17-14-10-6-4-8-12(14)2/h3,5,7,9,12,15,19H,4,6,8,10H2,1-2H3,(H,18,20)/b17-14+. The van der Waals surface area contributed by atoms with Crippen molar-refractivity contribution >= 4 is 11.6 Å². The molecule has 20 heavy (non-hydrogen) atoms. The van der Waals surface area contributed by atoms with E-state index in [-0.39, 0.29) is 0 Å². The van der Waals surface area contributed by atoms with Crippen LogP contribution < -0.4 is 5.43 Å². The van der Waals surface area contributed by atoms with E-state index in [1.165, 1.54) is 6.42 Å². The maximum absolute atomic E-state index is 12.0. The number of hydrazone groups is 1. The number of hydrogen-bond donors (Lipinski definition) is 2. The molecule has 1 aromatic rings. The quantitative estimate of drug-likeness (QED) is 0.832. The van der Waals surface area contributed by atoms with E-state index in [1.807, 2.05) is 25.1 Å². The van der Waals surface area contributed by atoms with Crippen LogP contribution in [0.15, 0.2) is 29.4 Å². The molecule has 0 aromatic heterocycles. The molecule has 1 fully saturated rings. The van der Waals surface area contributed by atoms with Crippen LogP contribution in [0.25, 0.3) is 0 Å². The Morgan fingerprint density at radius 2 is 2.15 bits per heavy atom. The number of nitrogens with one attached hydrogen (secondary N) is 1. The Labute approximate surface area is 119 Å². The van der Waals surface area contributed by atoms with Gasteiger partial charge in [0, 0.05) is 5.71 Å². The molecule has 4 heteroatoms. The number of aliphatic hydroxyl groups excluding tert-OH is 1. The monoisotopic (exact) mass is 274 g/mol. The Morgan fingerprint density at radius 1 is 1.40 bits per heavy atom. The van der Waals surface area contributed by atoms with Crippen molar-refractivity contribution in [3.63, 3.8) is 0 Å². The first-order valence-corrected chi connectivity index (χ1v) is 7.19. The van der Waals surface area contributed by atoms with Gasteiger partial charge in [-0.05, 0) is 43.2 Å². The Hall–Kier alpha value is -1.68. The molecule has 2 atom stereocenters.